The quantitative estimate of drug-likeness (QED) is 0.328. The van der Waals surface area contributed by atoms with Gasteiger partial charge < -0.3 is 14.9 Å². The van der Waals surface area contributed by atoms with Crippen LogP contribution < -0.4 is 4.74 Å². The number of carbonyl (C=O) groups is 2. The molecular formula is C26H18O5. The SMILES string of the molecule is O=C(O)c1ccc(-c2ccc(C(=O)Oc3ccc(-c4ccc(O)cc4)cc3)cc2)cc1. The Bertz CT molecular complexity index is 1210. The Balaban J connectivity index is 1.43. The number of carboxylic acids is 1. The summed E-state index contributed by atoms with van der Waals surface area (Å²) in [5.41, 5.74) is 4.25. The molecule has 0 saturated carbocycles. The fourth-order valence-electron chi connectivity index (χ4n) is 3.14. The number of carbonyl (C=O) groups excluding carboxylic acids is 1. The van der Waals surface area contributed by atoms with Gasteiger partial charge in [-0.05, 0) is 70.8 Å². The molecule has 31 heavy (non-hydrogen) atoms. The largest absolute Gasteiger partial charge is 0.508 e. The summed E-state index contributed by atoms with van der Waals surface area (Å²) in [7, 11) is 0. The van der Waals surface area contributed by atoms with Gasteiger partial charge in [-0.25, -0.2) is 9.59 Å². The van der Waals surface area contributed by atoms with E-state index in [4.69, 9.17) is 9.84 Å². The van der Waals surface area contributed by atoms with E-state index < -0.39 is 11.9 Å². The summed E-state index contributed by atoms with van der Waals surface area (Å²) in [6, 6.07) is 27.5. The van der Waals surface area contributed by atoms with E-state index >= 15 is 0 Å². The van der Waals surface area contributed by atoms with E-state index in [1.807, 2.05) is 24.3 Å². The third kappa shape index (κ3) is 4.62. The van der Waals surface area contributed by atoms with E-state index in [0.29, 0.717) is 11.3 Å². The van der Waals surface area contributed by atoms with E-state index in [-0.39, 0.29) is 11.3 Å². The highest BCUT2D eigenvalue weighted by molar-refractivity contribution is 5.92. The molecule has 0 bridgehead atoms. The van der Waals surface area contributed by atoms with Gasteiger partial charge in [-0.1, -0.05) is 48.5 Å². The van der Waals surface area contributed by atoms with Crippen LogP contribution in [0.4, 0.5) is 0 Å². The Morgan fingerprint density at radius 2 is 0.935 bits per heavy atom. The van der Waals surface area contributed by atoms with Crippen LogP contribution in [0.25, 0.3) is 22.3 Å². The number of carboxylic acid groups (broad SMARTS) is 1. The Kier molecular flexibility index (Phi) is 5.49. The molecule has 0 heterocycles. The number of benzene rings is 4. The molecule has 2 N–H and O–H groups in total. The van der Waals surface area contributed by atoms with Gasteiger partial charge in [-0.3, -0.25) is 0 Å². The number of phenols is 1. The van der Waals surface area contributed by atoms with Gasteiger partial charge in [0, 0.05) is 0 Å². The van der Waals surface area contributed by atoms with E-state index in [1.165, 1.54) is 0 Å². The average molecular weight is 410 g/mol. The molecule has 0 unspecified atom stereocenters. The van der Waals surface area contributed by atoms with Gasteiger partial charge in [0.15, 0.2) is 0 Å². The molecule has 0 fully saturated rings. The third-order valence-electron chi connectivity index (χ3n) is 4.85. The second-order valence-electron chi connectivity index (χ2n) is 6.92. The summed E-state index contributed by atoms with van der Waals surface area (Å²) < 4.78 is 5.45. The number of aromatic hydroxyl groups is 1. The van der Waals surface area contributed by atoms with Gasteiger partial charge in [0.05, 0.1) is 11.1 Å². The van der Waals surface area contributed by atoms with Crippen molar-refractivity contribution in [1.29, 1.82) is 0 Å². The molecule has 5 nitrogen and oxygen atoms in total. The minimum absolute atomic E-state index is 0.206. The first-order valence-electron chi connectivity index (χ1n) is 9.55. The zero-order valence-electron chi connectivity index (χ0n) is 16.4. The highest BCUT2D eigenvalue weighted by Gasteiger charge is 2.10. The Hall–Kier alpha value is -4.38. The lowest BCUT2D eigenvalue weighted by Crippen LogP contribution is -2.08. The van der Waals surface area contributed by atoms with Crippen LogP contribution in [-0.2, 0) is 0 Å². The smallest absolute Gasteiger partial charge is 0.343 e. The molecule has 0 spiro atoms. The van der Waals surface area contributed by atoms with E-state index in [1.54, 1.807) is 72.8 Å². The van der Waals surface area contributed by atoms with Crippen molar-refractivity contribution in [2.75, 3.05) is 0 Å². The van der Waals surface area contributed by atoms with Crippen LogP contribution in [0, 0.1) is 0 Å². The van der Waals surface area contributed by atoms with Crippen LogP contribution in [0.3, 0.4) is 0 Å². The molecule has 0 radical (unpaired) electrons. The second-order valence-corrected chi connectivity index (χ2v) is 6.92. The summed E-state index contributed by atoms with van der Waals surface area (Å²) in [5.74, 6) is -0.802. The van der Waals surface area contributed by atoms with Gasteiger partial charge in [0.1, 0.15) is 11.5 Å². The van der Waals surface area contributed by atoms with Crippen molar-refractivity contribution in [3.8, 4) is 33.8 Å². The monoisotopic (exact) mass is 410 g/mol. The molecule has 4 aromatic rings. The van der Waals surface area contributed by atoms with Crippen LogP contribution in [0.1, 0.15) is 20.7 Å². The summed E-state index contributed by atoms with van der Waals surface area (Å²) in [4.78, 5) is 23.4. The number of phenolic OH excluding ortho intramolecular Hbond substituents is 1. The lowest BCUT2D eigenvalue weighted by Gasteiger charge is -2.07. The number of hydrogen-bond acceptors (Lipinski definition) is 4. The standard InChI is InChI=1S/C26H18O5/c27-23-13-9-19(10-14-23)20-11-15-24(16-12-20)31-26(30)22-7-3-18(4-8-22)17-1-5-21(6-2-17)25(28)29/h1-16,27H,(H,28,29). The minimum Gasteiger partial charge on any atom is -0.508 e. The van der Waals surface area contributed by atoms with E-state index in [0.717, 1.165) is 22.3 Å². The van der Waals surface area contributed by atoms with Crippen molar-refractivity contribution in [2.24, 2.45) is 0 Å². The zero-order chi connectivity index (χ0) is 21.8. The summed E-state index contributed by atoms with van der Waals surface area (Å²) in [6.07, 6.45) is 0. The van der Waals surface area contributed by atoms with Crippen LogP contribution in [0.5, 0.6) is 11.5 Å². The molecule has 0 atom stereocenters. The van der Waals surface area contributed by atoms with Crippen molar-refractivity contribution in [3.05, 3.63) is 108 Å². The first-order valence-corrected chi connectivity index (χ1v) is 9.55. The molecule has 0 aromatic heterocycles. The van der Waals surface area contributed by atoms with Gasteiger partial charge in [0.2, 0.25) is 0 Å². The predicted molar refractivity (Wildman–Crippen MR) is 117 cm³/mol. The Morgan fingerprint density at radius 3 is 1.39 bits per heavy atom. The summed E-state index contributed by atoms with van der Waals surface area (Å²) in [5, 5.41) is 18.4. The highest BCUT2D eigenvalue weighted by atomic mass is 16.5. The normalized spacial score (nSPS) is 10.5. The van der Waals surface area contributed by atoms with Crippen LogP contribution in [0.2, 0.25) is 0 Å². The highest BCUT2D eigenvalue weighted by Crippen LogP contribution is 2.25. The maximum atomic E-state index is 12.5. The predicted octanol–water partition coefficient (Wildman–Crippen LogP) is 5.64. The summed E-state index contributed by atoms with van der Waals surface area (Å²) >= 11 is 0. The van der Waals surface area contributed by atoms with Gasteiger partial charge >= 0.3 is 11.9 Å². The van der Waals surface area contributed by atoms with Gasteiger partial charge in [-0.2, -0.15) is 0 Å². The molecule has 0 amide bonds. The molecule has 0 aliphatic heterocycles. The molecule has 5 heteroatoms. The number of rotatable bonds is 5. The van der Waals surface area contributed by atoms with Crippen LogP contribution in [0.15, 0.2) is 97.1 Å². The topological polar surface area (TPSA) is 83.8 Å². The molecule has 4 aromatic carbocycles. The number of hydrogen-bond donors (Lipinski definition) is 2. The molecule has 0 aliphatic rings. The third-order valence-corrected chi connectivity index (χ3v) is 4.85. The molecule has 0 aliphatic carbocycles. The number of ether oxygens (including phenoxy) is 1. The second kappa shape index (κ2) is 8.55. The van der Waals surface area contributed by atoms with Crippen molar-refractivity contribution in [3.63, 3.8) is 0 Å². The maximum absolute atomic E-state index is 12.5. The van der Waals surface area contributed by atoms with Crippen LogP contribution in [-0.4, -0.2) is 22.2 Å². The number of aromatic carboxylic acids is 1. The van der Waals surface area contributed by atoms with Crippen LogP contribution >= 0.6 is 0 Å². The van der Waals surface area contributed by atoms with Crippen molar-refractivity contribution in [1.82, 2.24) is 0 Å². The van der Waals surface area contributed by atoms with Gasteiger partial charge in [-0.15, -0.1) is 0 Å². The first kappa shape index (κ1) is 19.9. The molecular weight excluding hydrogens is 392 g/mol. The molecule has 152 valence electrons. The Labute approximate surface area is 178 Å². The Morgan fingerprint density at radius 1 is 0.548 bits per heavy atom. The van der Waals surface area contributed by atoms with E-state index in [9.17, 15) is 14.7 Å². The van der Waals surface area contributed by atoms with Crippen molar-refractivity contribution in [2.45, 2.75) is 0 Å². The van der Waals surface area contributed by atoms with E-state index in [2.05, 4.69) is 0 Å². The lowest BCUT2D eigenvalue weighted by molar-refractivity contribution is 0.0694. The molecule has 4 rings (SSSR count). The van der Waals surface area contributed by atoms with Gasteiger partial charge in [0.25, 0.3) is 0 Å². The minimum atomic E-state index is -0.972. The zero-order valence-corrected chi connectivity index (χ0v) is 16.4. The van der Waals surface area contributed by atoms with Crippen molar-refractivity contribution >= 4 is 11.9 Å². The number of esters is 1. The average Bonchev–Trinajstić information content (AvgIpc) is 2.80. The fourth-order valence-corrected chi connectivity index (χ4v) is 3.14. The first-order chi connectivity index (χ1) is 15.0. The van der Waals surface area contributed by atoms with Crippen molar-refractivity contribution < 1.29 is 24.5 Å². The maximum Gasteiger partial charge on any atom is 0.343 e. The lowest BCUT2D eigenvalue weighted by atomic mass is 10.0. The summed E-state index contributed by atoms with van der Waals surface area (Å²) in [6.45, 7) is 0. The fraction of sp³-hybridized carbons (Fsp3) is 0. The molecule has 0 saturated heterocycles.